The number of benzene rings is 2. The summed E-state index contributed by atoms with van der Waals surface area (Å²) in [4.78, 5) is 2.37. The molecular weight excluding hydrogens is 372 g/mol. The normalized spacial score (nSPS) is 17.2. The average molecular weight is 396 g/mol. The van der Waals surface area contributed by atoms with E-state index in [4.69, 9.17) is 9.52 Å². The van der Waals surface area contributed by atoms with E-state index in [2.05, 4.69) is 53.6 Å². The first-order valence-electron chi connectivity index (χ1n) is 10.5. The molecule has 0 spiro atoms. The molecular formula is C25H24N4O. The van der Waals surface area contributed by atoms with Crippen molar-refractivity contribution in [2.45, 2.75) is 25.9 Å². The van der Waals surface area contributed by atoms with Gasteiger partial charge in [-0.05, 0) is 37.1 Å². The van der Waals surface area contributed by atoms with E-state index in [1.165, 1.54) is 5.56 Å². The zero-order valence-electron chi connectivity index (χ0n) is 16.9. The van der Waals surface area contributed by atoms with Crippen molar-refractivity contribution in [2.24, 2.45) is 5.92 Å². The van der Waals surface area contributed by atoms with Crippen molar-refractivity contribution in [2.75, 3.05) is 13.1 Å². The maximum atomic E-state index is 9.35. The van der Waals surface area contributed by atoms with Gasteiger partial charge in [-0.1, -0.05) is 48.5 Å². The van der Waals surface area contributed by atoms with Gasteiger partial charge in [0, 0.05) is 30.2 Å². The Morgan fingerprint density at radius 2 is 1.90 bits per heavy atom. The van der Waals surface area contributed by atoms with Crippen LogP contribution in [0.3, 0.4) is 0 Å². The highest BCUT2D eigenvalue weighted by atomic mass is 16.3. The first-order chi connectivity index (χ1) is 14.8. The molecule has 3 heterocycles. The van der Waals surface area contributed by atoms with Crippen LogP contribution in [0.4, 0.5) is 0 Å². The van der Waals surface area contributed by atoms with E-state index in [1.807, 2.05) is 28.9 Å². The van der Waals surface area contributed by atoms with E-state index < -0.39 is 0 Å². The fraction of sp³-hybridized carbons (Fsp3) is 0.280. The lowest BCUT2D eigenvalue weighted by atomic mass is 9.99. The minimum absolute atomic E-state index is 0.118. The lowest BCUT2D eigenvalue weighted by molar-refractivity contribution is 0.192. The Morgan fingerprint density at radius 1 is 1.07 bits per heavy atom. The number of hydrogen-bond acceptors (Lipinski definition) is 4. The van der Waals surface area contributed by atoms with Crippen molar-refractivity contribution in [1.82, 2.24) is 14.7 Å². The van der Waals surface area contributed by atoms with E-state index >= 15 is 0 Å². The Bertz CT molecular complexity index is 1150. The van der Waals surface area contributed by atoms with Crippen LogP contribution in [0, 0.1) is 17.2 Å². The minimum atomic E-state index is 0.118. The van der Waals surface area contributed by atoms with E-state index in [1.54, 1.807) is 0 Å². The van der Waals surface area contributed by atoms with Gasteiger partial charge in [0.1, 0.15) is 11.3 Å². The van der Waals surface area contributed by atoms with Crippen LogP contribution in [-0.2, 0) is 13.1 Å². The van der Waals surface area contributed by atoms with Crippen molar-refractivity contribution >= 4 is 11.0 Å². The molecule has 1 aliphatic rings. The molecule has 2 aromatic heterocycles. The van der Waals surface area contributed by atoms with Crippen molar-refractivity contribution in [3.63, 3.8) is 0 Å². The molecule has 0 bridgehead atoms. The van der Waals surface area contributed by atoms with Crippen molar-refractivity contribution < 1.29 is 4.42 Å². The second kappa shape index (κ2) is 8.17. The van der Waals surface area contributed by atoms with Crippen LogP contribution in [-0.4, -0.2) is 27.8 Å². The molecule has 150 valence electrons. The number of nitrogens with zero attached hydrogens (tertiary/aromatic N) is 4. The molecule has 1 fully saturated rings. The van der Waals surface area contributed by atoms with Crippen LogP contribution in [0.25, 0.3) is 22.4 Å². The van der Waals surface area contributed by atoms with Crippen LogP contribution < -0.4 is 0 Å². The molecule has 0 radical (unpaired) electrons. The molecule has 0 saturated carbocycles. The fourth-order valence-electron chi connectivity index (χ4n) is 4.28. The predicted octanol–water partition coefficient (Wildman–Crippen LogP) is 5.08. The molecule has 1 aliphatic heterocycles. The van der Waals surface area contributed by atoms with Gasteiger partial charge >= 0.3 is 0 Å². The SMILES string of the molecule is N#C[C@H]1CCCN(Cc2cn(Cc3ccccc3)nc2-c2cc3ccccc3o2)C1. The van der Waals surface area contributed by atoms with Gasteiger partial charge in [-0.3, -0.25) is 9.58 Å². The molecule has 2 aromatic carbocycles. The van der Waals surface area contributed by atoms with Crippen LogP contribution in [0.2, 0.25) is 0 Å². The number of para-hydroxylation sites is 1. The zero-order chi connectivity index (χ0) is 20.3. The highest BCUT2D eigenvalue weighted by molar-refractivity contribution is 5.82. The monoisotopic (exact) mass is 396 g/mol. The number of aromatic nitrogens is 2. The Balaban J connectivity index is 1.49. The lowest BCUT2D eigenvalue weighted by Crippen LogP contribution is -2.34. The summed E-state index contributed by atoms with van der Waals surface area (Å²) >= 11 is 0. The number of likely N-dealkylation sites (tertiary alicyclic amines) is 1. The molecule has 1 saturated heterocycles. The number of furan rings is 1. The molecule has 5 nitrogen and oxygen atoms in total. The van der Waals surface area contributed by atoms with Crippen molar-refractivity contribution in [3.8, 4) is 17.5 Å². The van der Waals surface area contributed by atoms with Crippen LogP contribution >= 0.6 is 0 Å². The van der Waals surface area contributed by atoms with Gasteiger partial charge in [0.15, 0.2) is 5.76 Å². The van der Waals surface area contributed by atoms with E-state index in [9.17, 15) is 5.26 Å². The van der Waals surface area contributed by atoms with Gasteiger partial charge in [-0.15, -0.1) is 0 Å². The standard InChI is InChI=1S/C25H24N4O/c26-14-20-9-6-12-28(15-20)17-22-18-29(16-19-7-2-1-3-8-19)27-25(22)24-13-21-10-4-5-11-23(21)30-24/h1-5,7-8,10-11,13,18,20H,6,9,12,15-17H2/t20-/m1/s1. The third-order valence-electron chi connectivity index (χ3n) is 5.77. The second-order valence-electron chi connectivity index (χ2n) is 8.04. The Hall–Kier alpha value is -3.36. The van der Waals surface area contributed by atoms with Crippen LogP contribution in [0.1, 0.15) is 24.0 Å². The second-order valence-corrected chi connectivity index (χ2v) is 8.04. The lowest BCUT2D eigenvalue weighted by Gasteiger charge is -2.29. The van der Waals surface area contributed by atoms with Crippen LogP contribution in [0.5, 0.6) is 0 Å². The highest BCUT2D eigenvalue weighted by Gasteiger charge is 2.23. The van der Waals surface area contributed by atoms with Crippen molar-refractivity contribution in [1.29, 1.82) is 5.26 Å². The summed E-state index contributed by atoms with van der Waals surface area (Å²) in [6, 6.07) is 22.9. The Kier molecular flexibility index (Phi) is 5.08. The van der Waals surface area contributed by atoms with Crippen LogP contribution in [0.15, 0.2) is 71.3 Å². The zero-order valence-corrected chi connectivity index (χ0v) is 16.9. The first-order valence-corrected chi connectivity index (χ1v) is 10.5. The molecule has 0 amide bonds. The average Bonchev–Trinajstić information content (AvgIpc) is 3.38. The molecule has 30 heavy (non-hydrogen) atoms. The number of hydrogen-bond donors (Lipinski definition) is 0. The highest BCUT2D eigenvalue weighted by Crippen LogP contribution is 2.30. The quantitative estimate of drug-likeness (QED) is 0.472. The topological polar surface area (TPSA) is 58.0 Å². The summed E-state index contributed by atoms with van der Waals surface area (Å²) in [7, 11) is 0. The summed E-state index contributed by atoms with van der Waals surface area (Å²) in [6.45, 7) is 3.33. The van der Waals surface area contributed by atoms with Gasteiger partial charge in [0.2, 0.25) is 0 Å². The van der Waals surface area contributed by atoms with Gasteiger partial charge in [-0.2, -0.15) is 10.4 Å². The van der Waals surface area contributed by atoms with Gasteiger partial charge in [0.25, 0.3) is 0 Å². The third-order valence-corrected chi connectivity index (χ3v) is 5.77. The largest absolute Gasteiger partial charge is 0.454 e. The number of rotatable bonds is 5. The third kappa shape index (κ3) is 3.87. The maximum Gasteiger partial charge on any atom is 0.156 e. The summed E-state index contributed by atoms with van der Waals surface area (Å²) in [5, 5.41) is 15.3. The molecule has 5 heteroatoms. The molecule has 1 atom stereocenters. The number of nitriles is 1. The van der Waals surface area contributed by atoms with E-state index in [0.29, 0.717) is 0 Å². The van der Waals surface area contributed by atoms with E-state index in [0.717, 1.165) is 67.0 Å². The predicted molar refractivity (Wildman–Crippen MR) is 117 cm³/mol. The Labute approximate surface area is 176 Å². The maximum absolute atomic E-state index is 9.35. The molecule has 0 unspecified atom stereocenters. The van der Waals surface area contributed by atoms with Gasteiger partial charge in [-0.25, -0.2) is 0 Å². The Morgan fingerprint density at radius 3 is 2.73 bits per heavy atom. The van der Waals surface area contributed by atoms with E-state index in [-0.39, 0.29) is 5.92 Å². The number of piperidine rings is 1. The van der Waals surface area contributed by atoms with Crippen molar-refractivity contribution in [3.05, 3.63) is 78.0 Å². The minimum Gasteiger partial charge on any atom is -0.454 e. The summed E-state index contributed by atoms with van der Waals surface area (Å²) < 4.78 is 8.14. The summed E-state index contributed by atoms with van der Waals surface area (Å²) in [5.74, 6) is 0.916. The fourth-order valence-corrected chi connectivity index (χ4v) is 4.28. The van der Waals surface area contributed by atoms with Gasteiger partial charge in [0.05, 0.1) is 18.5 Å². The molecule has 4 aromatic rings. The van der Waals surface area contributed by atoms with Gasteiger partial charge < -0.3 is 4.42 Å². The summed E-state index contributed by atoms with van der Waals surface area (Å²) in [6.07, 6.45) is 4.19. The smallest absolute Gasteiger partial charge is 0.156 e. The number of fused-ring (bicyclic) bond motifs is 1. The summed E-state index contributed by atoms with van der Waals surface area (Å²) in [5.41, 5.74) is 4.12. The molecule has 0 aliphatic carbocycles. The first kappa shape index (κ1) is 18.7. The molecule has 0 N–H and O–H groups in total. The molecule has 5 rings (SSSR count).